The van der Waals surface area contributed by atoms with Crippen LogP contribution in [0.4, 0.5) is 0 Å². The highest BCUT2D eigenvalue weighted by Gasteiger charge is 2.17. The quantitative estimate of drug-likeness (QED) is 0.657. The molecule has 3 heteroatoms. The van der Waals surface area contributed by atoms with E-state index in [1.54, 1.807) is 24.3 Å². The average molecular weight is 164 g/mol. The Hall–Kier alpha value is -1.35. The van der Waals surface area contributed by atoms with Crippen LogP contribution in [0.5, 0.6) is 0 Å². The first-order valence-electron chi connectivity index (χ1n) is 3.61. The summed E-state index contributed by atoms with van der Waals surface area (Å²) in [5.74, 6) is -1.54. The normalized spacial score (nSPS) is 12.4. The molecule has 1 aromatic rings. The monoisotopic (exact) mass is 164 g/mol. The van der Waals surface area contributed by atoms with Crippen LogP contribution in [0.2, 0.25) is 0 Å². The highest BCUT2D eigenvalue weighted by molar-refractivity contribution is 5.71. The molecule has 3 nitrogen and oxygen atoms in total. The fourth-order valence-electron chi connectivity index (χ4n) is 0.912. The van der Waals surface area contributed by atoms with Crippen molar-refractivity contribution >= 4 is 5.97 Å². The van der Waals surface area contributed by atoms with Crippen LogP contribution in [0.1, 0.15) is 5.56 Å². The van der Waals surface area contributed by atoms with Crippen LogP contribution in [0, 0.1) is 0 Å². The first kappa shape index (κ1) is 8.74. The number of benzene rings is 1. The molecule has 0 bridgehead atoms. The second-order valence-corrected chi connectivity index (χ2v) is 2.50. The first-order chi connectivity index (χ1) is 5.70. The lowest BCUT2D eigenvalue weighted by atomic mass is 10.1. The van der Waals surface area contributed by atoms with Crippen LogP contribution >= 0.6 is 0 Å². The number of carbonyl (C=O) groups is 1. The van der Waals surface area contributed by atoms with Gasteiger partial charge < -0.3 is 0 Å². The molecule has 12 heavy (non-hydrogen) atoms. The number of hydrogen-bond acceptors (Lipinski definition) is 1. The predicted molar refractivity (Wildman–Crippen MR) is 40.3 cm³/mol. The zero-order chi connectivity index (χ0) is 8.97. The molecule has 62 valence electrons. The van der Waals surface area contributed by atoms with Gasteiger partial charge in [-0.2, -0.15) is 0 Å². The molecule has 1 unspecified atom stereocenters. The van der Waals surface area contributed by atoms with Crippen molar-refractivity contribution in [2.45, 2.75) is 12.5 Å². The lowest BCUT2D eigenvalue weighted by Gasteiger charge is -2.00. The topological polar surface area (TPSA) is 56.9 Å². The lowest BCUT2D eigenvalue weighted by Crippen LogP contribution is -2.19. The molecule has 1 atom stereocenters. The van der Waals surface area contributed by atoms with Gasteiger partial charge in [-0.15, -0.1) is 0 Å². The second-order valence-electron chi connectivity index (χ2n) is 2.50. The van der Waals surface area contributed by atoms with Gasteiger partial charge in [-0.05, 0) is 5.56 Å². The summed E-state index contributed by atoms with van der Waals surface area (Å²) in [6, 6.07) is 8.76. The van der Waals surface area contributed by atoms with Gasteiger partial charge in [0.15, 0.2) is 6.10 Å². The van der Waals surface area contributed by atoms with Gasteiger partial charge in [0.25, 0.3) is 0 Å². The minimum Gasteiger partial charge on any atom is -0.244 e. The molecule has 0 amide bonds. The van der Waals surface area contributed by atoms with Crippen LogP contribution in [0.3, 0.4) is 0 Å². The first-order valence-corrected chi connectivity index (χ1v) is 3.61. The van der Waals surface area contributed by atoms with Crippen molar-refractivity contribution in [2.24, 2.45) is 0 Å². The van der Waals surface area contributed by atoms with E-state index >= 15 is 0 Å². The Balaban J connectivity index is 2.58. The molecule has 0 aliphatic carbocycles. The molecule has 2 radical (unpaired) electrons. The highest BCUT2D eigenvalue weighted by Crippen LogP contribution is 2.03. The average Bonchev–Trinajstić information content (AvgIpc) is 2.06. The standard InChI is InChI=1S/C9H8O3/c10-8(9(11)12)6-7-4-2-1-3-5-7/h1-5,8H,6H2. The number of hydrogen-bond donors (Lipinski definition) is 0. The minimum absolute atomic E-state index is 0.0107. The Morgan fingerprint density at radius 2 is 1.83 bits per heavy atom. The van der Waals surface area contributed by atoms with Gasteiger partial charge >= 0.3 is 5.97 Å². The smallest absolute Gasteiger partial charge is 0.244 e. The van der Waals surface area contributed by atoms with Gasteiger partial charge in [0, 0.05) is 6.42 Å². The van der Waals surface area contributed by atoms with Crippen LogP contribution in [-0.4, -0.2) is 12.1 Å². The Labute approximate surface area is 70.3 Å². The van der Waals surface area contributed by atoms with Crippen molar-refractivity contribution in [1.82, 2.24) is 0 Å². The van der Waals surface area contributed by atoms with E-state index in [2.05, 4.69) is 0 Å². The van der Waals surface area contributed by atoms with Crippen LogP contribution in [-0.2, 0) is 21.4 Å². The minimum atomic E-state index is -1.66. The lowest BCUT2D eigenvalue weighted by molar-refractivity contribution is -0.156. The largest absolute Gasteiger partial charge is 0.387 e. The molecule has 0 fully saturated rings. The Kier molecular flexibility index (Phi) is 2.82. The molecule has 0 aliphatic heterocycles. The Morgan fingerprint density at radius 1 is 1.25 bits per heavy atom. The molecule has 0 saturated heterocycles. The fourth-order valence-corrected chi connectivity index (χ4v) is 0.912. The van der Waals surface area contributed by atoms with E-state index < -0.39 is 12.1 Å². The molecule has 0 N–H and O–H groups in total. The van der Waals surface area contributed by atoms with Crippen molar-refractivity contribution in [2.75, 3.05) is 0 Å². The van der Waals surface area contributed by atoms with E-state index in [9.17, 15) is 15.0 Å². The Morgan fingerprint density at radius 3 is 2.33 bits per heavy atom. The number of carbonyl (C=O) groups excluding carboxylic acids is 1. The molecule has 0 spiro atoms. The maximum Gasteiger partial charge on any atom is 0.387 e. The second kappa shape index (κ2) is 3.88. The van der Waals surface area contributed by atoms with E-state index in [0.29, 0.717) is 0 Å². The van der Waals surface area contributed by atoms with E-state index in [-0.39, 0.29) is 6.42 Å². The molecule has 1 aromatic carbocycles. The van der Waals surface area contributed by atoms with Gasteiger partial charge in [-0.25, -0.2) is 15.0 Å². The van der Waals surface area contributed by atoms with Gasteiger partial charge in [0.1, 0.15) is 0 Å². The molecule has 0 saturated carbocycles. The summed E-state index contributed by atoms with van der Waals surface area (Å²) in [6.07, 6.45) is -1.67. The van der Waals surface area contributed by atoms with Crippen molar-refractivity contribution in [3.63, 3.8) is 0 Å². The van der Waals surface area contributed by atoms with E-state index in [4.69, 9.17) is 0 Å². The maximum absolute atomic E-state index is 10.7. The van der Waals surface area contributed by atoms with E-state index in [0.717, 1.165) is 5.56 Å². The number of rotatable bonds is 3. The van der Waals surface area contributed by atoms with Gasteiger partial charge in [-0.3, -0.25) is 0 Å². The van der Waals surface area contributed by atoms with E-state index in [1.165, 1.54) is 0 Å². The zero-order valence-corrected chi connectivity index (χ0v) is 6.40. The van der Waals surface area contributed by atoms with Crippen molar-refractivity contribution < 1.29 is 15.0 Å². The summed E-state index contributed by atoms with van der Waals surface area (Å²) in [5.41, 5.74) is 0.724. The summed E-state index contributed by atoms with van der Waals surface area (Å²) < 4.78 is 0. The summed E-state index contributed by atoms with van der Waals surface area (Å²) in [7, 11) is 0. The third kappa shape index (κ3) is 2.36. The fraction of sp³-hybridized carbons (Fsp3) is 0.222. The van der Waals surface area contributed by atoms with Crippen molar-refractivity contribution in [3.05, 3.63) is 35.9 Å². The highest BCUT2D eigenvalue weighted by atomic mass is 16.4. The van der Waals surface area contributed by atoms with Gasteiger partial charge in [0.2, 0.25) is 0 Å². The van der Waals surface area contributed by atoms with Gasteiger partial charge in [0.05, 0.1) is 0 Å². The third-order valence-electron chi connectivity index (χ3n) is 1.53. The van der Waals surface area contributed by atoms with Crippen molar-refractivity contribution in [1.29, 1.82) is 0 Å². The third-order valence-corrected chi connectivity index (χ3v) is 1.53. The van der Waals surface area contributed by atoms with Crippen molar-refractivity contribution in [3.8, 4) is 0 Å². The molecule has 0 heterocycles. The molecule has 0 aromatic heterocycles. The van der Waals surface area contributed by atoms with Crippen LogP contribution in [0.15, 0.2) is 30.3 Å². The summed E-state index contributed by atoms with van der Waals surface area (Å²) >= 11 is 0. The zero-order valence-electron chi connectivity index (χ0n) is 6.40. The molecule has 0 aliphatic rings. The molecular weight excluding hydrogens is 156 g/mol. The van der Waals surface area contributed by atoms with Crippen LogP contribution < -0.4 is 0 Å². The van der Waals surface area contributed by atoms with Crippen LogP contribution in [0.25, 0.3) is 0 Å². The molecular formula is C9H8O3. The SMILES string of the molecule is [O]C(=O)C([O])Cc1ccccc1. The summed E-state index contributed by atoms with van der Waals surface area (Å²) in [4.78, 5) is 10.1. The summed E-state index contributed by atoms with van der Waals surface area (Å²) in [5, 5.41) is 20.8. The summed E-state index contributed by atoms with van der Waals surface area (Å²) in [6.45, 7) is 0. The predicted octanol–water partition coefficient (Wildman–Crippen LogP) is 0.985. The molecule has 1 rings (SSSR count). The Bertz CT molecular complexity index is 256. The maximum atomic E-state index is 10.7. The van der Waals surface area contributed by atoms with Gasteiger partial charge in [-0.1, -0.05) is 30.3 Å². The van der Waals surface area contributed by atoms with E-state index in [1.807, 2.05) is 6.07 Å².